The molecular weight excluding hydrogens is 284 g/mol. The van der Waals surface area contributed by atoms with Crippen molar-refractivity contribution in [3.8, 4) is 0 Å². The number of carbonyl (C=O) groups is 3. The number of nitrogens with one attached hydrogen (secondary N) is 1. The smallest absolute Gasteiger partial charge is 0.307 e. The molecule has 2 rings (SSSR count). The highest BCUT2D eigenvalue weighted by Crippen LogP contribution is 2.27. The number of methoxy groups -OCH3 is 1. The Kier molecular flexibility index (Phi) is 5.14. The summed E-state index contributed by atoms with van der Waals surface area (Å²) < 4.78 is 4.61. The number of esters is 1. The van der Waals surface area contributed by atoms with Gasteiger partial charge in [-0.25, -0.2) is 0 Å². The molecule has 118 valence electrons. The van der Waals surface area contributed by atoms with Gasteiger partial charge in [0.2, 0.25) is 12.3 Å². The molecule has 1 aliphatic rings. The lowest BCUT2D eigenvalue weighted by Gasteiger charge is -2.21. The minimum absolute atomic E-state index is 0.114. The molecule has 0 saturated heterocycles. The van der Waals surface area contributed by atoms with Crippen molar-refractivity contribution >= 4 is 24.0 Å². The van der Waals surface area contributed by atoms with Gasteiger partial charge >= 0.3 is 5.97 Å². The normalized spacial score (nSPS) is 15.8. The van der Waals surface area contributed by atoms with Crippen LogP contribution in [0.2, 0.25) is 0 Å². The van der Waals surface area contributed by atoms with Crippen molar-refractivity contribution in [3.05, 3.63) is 29.3 Å². The monoisotopic (exact) mass is 304 g/mol. The summed E-state index contributed by atoms with van der Waals surface area (Å²) in [6.07, 6.45) is 2.43. The molecule has 2 amide bonds. The summed E-state index contributed by atoms with van der Waals surface area (Å²) in [5.74, 6) is -0.466. The van der Waals surface area contributed by atoms with E-state index in [9.17, 15) is 14.4 Å². The highest BCUT2D eigenvalue weighted by Gasteiger charge is 2.22. The molecule has 6 nitrogen and oxygen atoms in total. The second kappa shape index (κ2) is 7.06. The van der Waals surface area contributed by atoms with Crippen LogP contribution in [-0.4, -0.2) is 38.0 Å². The summed E-state index contributed by atoms with van der Waals surface area (Å²) in [7, 11) is 1.33. The molecule has 0 radical (unpaired) electrons. The van der Waals surface area contributed by atoms with Gasteiger partial charge in [-0.1, -0.05) is 6.07 Å². The van der Waals surface area contributed by atoms with E-state index in [-0.39, 0.29) is 30.9 Å². The maximum Gasteiger partial charge on any atom is 0.307 e. The van der Waals surface area contributed by atoms with E-state index in [0.717, 1.165) is 30.5 Å². The molecule has 0 bridgehead atoms. The average Bonchev–Trinajstić information content (AvgIpc) is 2.88. The predicted octanol–water partition coefficient (Wildman–Crippen LogP) is 0.816. The van der Waals surface area contributed by atoms with Gasteiger partial charge in [0.05, 0.1) is 13.5 Å². The number of nitrogens with zero attached hydrogens (tertiary/aromatic N) is 1. The topological polar surface area (TPSA) is 75.7 Å². The largest absolute Gasteiger partial charge is 0.469 e. The number of rotatable bonds is 6. The van der Waals surface area contributed by atoms with Crippen molar-refractivity contribution in [2.24, 2.45) is 0 Å². The average molecular weight is 304 g/mol. The molecule has 1 N–H and O–H groups in total. The van der Waals surface area contributed by atoms with Crippen molar-refractivity contribution in [1.82, 2.24) is 5.32 Å². The molecule has 1 aliphatic carbocycles. The molecule has 0 saturated carbocycles. The first-order valence-corrected chi connectivity index (χ1v) is 7.21. The van der Waals surface area contributed by atoms with E-state index in [0.29, 0.717) is 0 Å². The molecule has 0 fully saturated rings. The lowest BCUT2D eigenvalue weighted by Crippen LogP contribution is -2.31. The maximum atomic E-state index is 11.8. The van der Waals surface area contributed by atoms with Crippen molar-refractivity contribution in [2.45, 2.75) is 32.2 Å². The number of fused-ring (bicyclic) bond motifs is 1. The van der Waals surface area contributed by atoms with E-state index in [4.69, 9.17) is 0 Å². The van der Waals surface area contributed by atoms with Crippen molar-refractivity contribution in [1.29, 1.82) is 0 Å². The Hall–Kier alpha value is -2.37. The first-order valence-electron chi connectivity index (χ1n) is 7.21. The van der Waals surface area contributed by atoms with Gasteiger partial charge in [0, 0.05) is 25.2 Å². The molecule has 6 heteroatoms. The second-order valence-corrected chi connectivity index (χ2v) is 5.34. The van der Waals surface area contributed by atoms with Gasteiger partial charge in [-0.05, 0) is 36.1 Å². The second-order valence-electron chi connectivity index (χ2n) is 5.34. The number of hydrogen-bond acceptors (Lipinski definition) is 4. The molecule has 1 aromatic rings. The molecule has 0 heterocycles. The number of amides is 2. The first kappa shape index (κ1) is 16.0. The Balaban J connectivity index is 2.13. The fraction of sp³-hybridized carbons (Fsp3) is 0.438. The minimum Gasteiger partial charge on any atom is -0.469 e. The fourth-order valence-corrected chi connectivity index (χ4v) is 2.76. The zero-order valence-electron chi connectivity index (χ0n) is 12.8. The zero-order valence-corrected chi connectivity index (χ0v) is 12.8. The molecule has 22 heavy (non-hydrogen) atoms. The Morgan fingerprint density at radius 1 is 1.36 bits per heavy atom. The van der Waals surface area contributed by atoms with Crippen LogP contribution in [0.5, 0.6) is 0 Å². The summed E-state index contributed by atoms with van der Waals surface area (Å²) in [5.41, 5.74) is 3.07. The standard InChI is InChI=1S/C16H20N2O4/c1-11(20)18(6-5-16(21)22-2)15-4-3-12-7-14(17-10-19)8-13(12)9-15/h3-4,9-10,14H,5-8H2,1-2H3,(H,17,19). The lowest BCUT2D eigenvalue weighted by molar-refractivity contribution is -0.140. The number of anilines is 1. The number of hydrogen-bond donors (Lipinski definition) is 1. The molecule has 0 spiro atoms. The third-order valence-electron chi connectivity index (χ3n) is 3.89. The summed E-state index contributed by atoms with van der Waals surface area (Å²) in [6, 6.07) is 5.93. The van der Waals surface area contributed by atoms with Crippen LogP contribution in [-0.2, 0) is 32.0 Å². The number of carbonyl (C=O) groups excluding carboxylic acids is 3. The van der Waals surface area contributed by atoms with Crippen LogP contribution in [0.3, 0.4) is 0 Å². The molecule has 0 aliphatic heterocycles. The number of ether oxygens (including phenoxy) is 1. The molecule has 1 aromatic carbocycles. The van der Waals surface area contributed by atoms with E-state index < -0.39 is 0 Å². The lowest BCUT2D eigenvalue weighted by atomic mass is 10.1. The summed E-state index contributed by atoms with van der Waals surface area (Å²) in [4.78, 5) is 35.2. The van der Waals surface area contributed by atoms with Crippen molar-refractivity contribution in [3.63, 3.8) is 0 Å². The predicted molar refractivity (Wildman–Crippen MR) is 81.5 cm³/mol. The molecular formula is C16H20N2O4. The van der Waals surface area contributed by atoms with Crippen LogP contribution in [0.25, 0.3) is 0 Å². The first-order chi connectivity index (χ1) is 10.5. The van der Waals surface area contributed by atoms with Crippen molar-refractivity contribution in [2.75, 3.05) is 18.6 Å². The molecule has 0 aromatic heterocycles. The van der Waals surface area contributed by atoms with Crippen LogP contribution in [0.4, 0.5) is 5.69 Å². The summed E-state index contributed by atoms with van der Waals surface area (Å²) >= 11 is 0. The summed E-state index contributed by atoms with van der Waals surface area (Å²) in [6.45, 7) is 1.76. The van der Waals surface area contributed by atoms with E-state index in [1.807, 2.05) is 18.2 Å². The SMILES string of the molecule is COC(=O)CCN(C(C)=O)c1ccc2c(c1)CC(NC=O)C2. The van der Waals surface area contributed by atoms with Gasteiger partial charge in [-0.2, -0.15) is 0 Å². The van der Waals surface area contributed by atoms with Gasteiger partial charge in [-0.3, -0.25) is 14.4 Å². The van der Waals surface area contributed by atoms with E-state index in [1.165, 1.54) is 19.6 Å². The third-order valence-corrected chi connectivity index (χ3v) is 3.89. The molecule has 1 atom stereocenters. The van der Waals surface area contributed by atoms with Gasteiger partial charge < -0.3 is 15.0 Å². The highest BCUT2D eigenvalue weighted by molar-refractivity contribution is 5.92. The van der Waals surface area contributed by atoms with Gasteiger partial charge in [0.25, 0.3) is 0 Å². The van der Waals surface area contributed by atoms with Crippen molar-refractivity contribution < 1.29 is 19.1 Å². The van der Waals surface area contributed by atoms with Gasteiger partial charge in [-0.15, -0.1) is 0 Å². The third kappa shape index (κ3) is 3.63. The van der Waals surface area contributed by atoms with Crippen LogP contribution in [0, 0.1) is 0 Å². The summed E-state index contributed by atoms with van der Waals surface area (Å²) in [5, 5.41) is 2.79. The quantitative estimate of drug-likeness (QED) is 0.623. The van der Waals surface area contributed by atoms with E-state index in [2.05, 4.69) is 10.1 Å². The van der Waals surface area contributed by atoms with Gasteiger partial charge in [0.15, 0.2) is 0 Å². The van der Waals surface area contributed by atoms with Crippen LogP contribution in [0.15, 0.2) is 18.2 Å². The van der Waals surface area contributed by atoms with E-state index in [1.54, 1.807) is 4.90 Å². The minimum atomic E-state index is -0.345. The fourth-order valence-electron chi connectivity index (χ4n) is 2.76. The Labute approximate surface area is 129 Å². The maximum absolute atomic E-state index is 11.8. The van der Waals surface area contributed by atoms with Gasteiger partial charge in [0.1, 0.15) is 0 Å². The Morgan fingerprint density at radius 2 is 2.09 bits per heavy atom. The van der Waals surface area contributed by atoms with E-state index >= 15 is 0 Å². The van der Waals surface area contributed by atoms with Crippen LogP contribution >= 0.6 is 0 Å². The Morgan fingerprint density at radius 3 is 2.73 bits per heavy atom. The Bertz CT molecular complexity index is 586. The number of benzene rings is 1. The zero-order chi connectivity index (χ0) is 16.1. The molecule has 1 unspecified atom stereocenters. The van der Waals surface area contributed by atoms with Crippen LogP contribution in [0.1, 0.15) is 24.5 Å². The highest BCUT2D eigenvalue weighted by atomic mass is 16.5. The van der Waals surface area contributed by atoms with Crippen LogP contribution < -0.4 is 10.2 Å².